The highest BCUT2D eigenvalue weighted by Gasteiger charge is 2.37. The van der Waals surface area contributed by atoms with Crippen LogP contribution >= 0.6 is 11.3 Å². The van der Waals surface area contributed by atoms with E-state index in [0.29, 0.717) is 11.3 Å². The van der Waals surface area contributed by atoms with E-state index in [1.165, 1.54) is 0 Å². The number of thiazole rings is 1. The zero-order valence-corrected chi connectivity index (χ0v) is 18.7. The van der Waals surface area contributed by atoms with Crippen LogP contribution in [-0.2, 0) is 11.4 Å². The normalized spacial score (nSPS) is 11.6. The number of carbonyl (C=O) groups is 2. The van der Waals surface area contributed by atoms with Crippen molar-refractivity contribution in [3.63, 3.8) is 0 Å². The molecule has 0 spiro atoms. The maximum absolute atomic E-state index is 13.2. The first-order chi connectivity index (χ1) is 15.5. The number of aliphatic carboxylic acids is 1. The Morgan fingerprint density at radius 3 is 2.47 bits per heavy atom. The first-order valence-electron chi connectivity index (χ1n) is 10.5. The summed E-state index contributed by atoms with van der Waals surface area (Å²) in [7, 11) is 0. The standard InChI is InChI=1S/C25H24N2O4S/c1-3-25(4-2,24(29)30)27-23(28)18-14-13-16-9-5-6-10-17(16)22(18)31-15-21-26-19-11-7-8-12-20(19)32-21/h5-14H,3-4,15H2,1-2H3,(H,27,28)(H,29,30). The van der Waals surface area contributed by atoms with Crippen molar-refractivity contribution in [1.82, 2.24) is 10.3 Å². The molecule has 0 aliphatic rings. The summed E-state index contributed by atoms with van der Waals surface area (Å²) < 4.78 is 7.24. The number of amides is 1. The Morgan fingerprint density at radius 1 is 1.03 bits per heavy atom. The highest BCUT2D eigenvalue weighted by atomic mass is 32.1. The minimum Gasteiger partial charge on any atom is -0.485 e. The molecule has 4 rings (SSSR count). The second-order valence-electron chi connectivity index (χ2n) is 7.58. The van der Waals surface area contributed by atoms with E-state index in [1.807, 2.05) is 54.6 Å². The van der Waals surface area contributed by atoms with E-state index in [4.69, 9.17) is 4.74 Å². The van der Waals surface area contributed by atoms with E-state index in [1.54, 1.807) is 31.3 Å². The quantitative estimate of drug-likeness (QED) is 0.377. The number of nitrogens with one attached hydrogen (secondary N) is 1. The molecule has 0 radical (unpaired) electrons. The van der Waals surface area contributed by atoms with Crippen LogP contribution in [0.4, 0.5) is 0 Å². The number of para-hydroxylation sites is 1. The van der Waals surface area contributed by atoms with E-state index in [9.17, 15) is 14.7 Å². The number of hydrogen-bond donors (Lipinski definition) is 2. The van der Waals surface area contributed by atoms with Crippen molar-refractivity contribution < 1.29 is 19.4 Å². The first-order valence-corrected chi connectivity index (χ1v) is 11.3. The smallest absolute Gasteiger partial charge is 0.329 e. The van der Waals surface area contributed by atoms with Gasteiger partial charge in [0.05, 0.1) is 15.8 Å². The van der Waals surface area contributed by atoms with Gasteiger partial charge in [0, 0.05) is 5.39 Å². The van der Waals surface area contributed by atoms with E-state index in [-0.39, 0.29) is 19.4 Å². The van der Waals surface area contributed by atoms with Crippen LogP contribution in [0.2, 0.25) is 0 Å². The summed E-state index contributed by atoms with van der Waals surface area (Å²) in [5, 5.41) is 15.0. The molecule has 0 aliphatic carbocycles. The second kappa shape index (κ2) is 8.96. The molecule has 0 bridgehead atoms. The van der Waals surface area contributed by atoms with Gasteiger partial charge in [-0.3, -0.25) is 4.79 Å². The molecule has 0 atom stereocenters. The van der Waals surface area contributed by atoms with Crippen LogP contribution in [0.15, 0.2) is 60.7 Å². The minimum atomic E-state index is -1.33. The Morgan fingerprint density at radius 2 is 1.75 bits per heavy atom. The molecule has 0 aliphatic heterocycles. The Kier molecular flexibility index (Phi) is 6.10. The lowest BCUT2D eigenvalue weighted by atomic mass is 9.92. The zero-order chi connectivity index (χ0) is 22.7. The van der Waals surface area contributed by atoms with Crippen LogP contribution in [0.1, 0.15) is 42.1 Å². The Bertz CT molecular complexity index is 1260. The molecule has 1 aromatic heterocycles. The highest BCUT2D eigenvalue weighted by molar-refractivity contribution is 7.18. The minimum absolute atomic E-state index is 0.208. The van der Waals surface area contributed by atoms with Gasteiger partial charge >= 0.3 is 5.97 Å². The van der Waals surface area contributed by atoms with Crippen LogP contribution in [0.3, 0.4) is 0 Å². The fourth-order valence-corrected chi connectivity index (χ4v) is 4.64. The molecule has 4 aromatic rings. The summed E-state index contributed by atoms with van der Waals surface area (Å²) >= 11 is 1.54. The molecule has 6 nitrogen and oxygen atoms in total. The SMILES string of the molecule is CCC(CC)(NC(=O)c1ccc2ccccc2c1OCc1nc2ccccc2s1)C(=O)O. The number of rotatable bonds is 8. The second-order valence-corrected chi connectivity index (χ2v) is 8.69. The topological polar surface area (TPSA) is 88.5 Å². The van der Waals surface area contributed by atoms with Crippen molar-refractivity contribution in [2.24, 2.45) is 0 Å². The van der Waals surface area contributed by atoms with Gasteiger partial charge in [-0.05, 0) is 36.4 Å². The van der Waals surface area contributed by atoms with Crippen molar-refractivity contribution in [2.45, 2.75) is 38.8 Å². The lowest BCUT2D eigenvalue weighted by molar-refractivity contribution is -0.144. The lowest BCUT2D eigenvalue weighted by Gasteiger charge is -2.28. The van der Waals surface area contributed by atoms with Crippen molar-refractivity contribution in [3.05, 3.63) is 71.2 Å². The number of fused-ring (bicyclic) bond motifs is 2. The van der Waals surface area contributed by atoms with Gasteiger partial charge in [-0.2, -0.15) is 0 Å². The van der Waals surface area contributed by atoms with Gasteiger partial charge in [-0.15, -0.1) is 11.3 Å². The van der Waals surface area contributed by atoms with Crippen LogP contribution < -0.4 is 10.1 Å². The number of aromatic nitrogens is 1. The summed E-state index contributed by atoms with van der Waals surface area (Å²) in [5.41, 5.74) is -0.117. The Balaban J connectivity index is 1.70. The van der Waals surface area contributed by atoms with Crippen molar-refractivity contribution in [1.29, 1.82) is 0 Å². The number of carboxylic acids is 1. The predicted octanol–water partition coefficient (Wildman–Crippen LogP) is 5.40. The molecule has 0 saturated carbocycles. The maximum Gasteiger partial charge on any atom is 0.329 e. The molecule has 0 fully saturated rings. The van der Waals surface area contributed by atoms with Gasteiger partial charge in [-0.1, -0.05) is 56.3 Å². The Hall–Kier alpha value is -3.45. The van der Waals surface area contributed by atoms with Crippen LogP contribution in [-0.4, -0.2) is 27.5 Å². The summed E-state index contributed by atoms with van der Waals surface area (Å²) in [5.74, 6) is -1.10. The van der Waals surface area contributed by atoms with E-state index in [0.717, 1.165) is 26.0 Å². The molecule has 164 valence electrons. The molecule has 0 unspecified atom stereocenters. The van der Waals surface area contributed by atoms with Crippen molar-refractivity contribution in [3.8, 4) is 5.75 Å². The van der Waals surface area contributed by atoms with E-state index >= 15 is 0 Å². The van der Waals surface area contributed by atoms with Crippen LogP contribution in [0, 0.1) is 0 Å². The van der Waals surface area contributed by atoms with Gasteiger partial charge in [0.1, 0.15) is 22.9 Å². The molecule has 2 N–H and O–H groups in total. The van der Waals surface area contributed by atoms with Crippen LogP contribution in [0.25, 0.3) is 21.0 Å². The maximum atomic E-state index is 13.2. The average molecular weight is 449 g/mol. The summed E-state index contributed by atoms with van der Waals surface area (Å²) in [6, 6.07) is 19.0. The molecule has 1 amide bonds. The summed E-state index contributed by atoms with van der Waals surface area (Å²) in [6.45, 7) is 3.71. The predicted molar refractivity (Wildman–Crippen MR) is 126 cm³/mol. The highest BCUT2D eigenvalue weighted by Crippen LogP contribution is 2.32. The van der Waals surface area contributed by atoms with Gasteiger partial charge < -0.3 is 15.2 Å². The van der Waals surface area contributed by atoms with Gasteiger partial charge in [-0.25, -0.2) is 9.78 Å². The van der Waals surface area contributed by atoms with E-state index < -0.39 is 17.4 Å². The molecular formula is C25H24N2O4S. The zero-order valence-electron chi connectivity index (χ0n) is 17.9. The fraction of sp³-hybridized carbons (Fsp3) is 0.240. The molecular weight excluding hydrogens is 424 g/mol. The molecule has 7 heteroatoms. The summed E-state index contributed by atoms with van der Waals surface area (Å²) in [4.78, 5) is 29.7. The number of carbonyl (C=O) groups excluding carboxylic acids is 1. The van der Waals surface area contributed by atoms with Crippen molar-refractivity contribution >= 4 is 44.2 Å². The third-order valence-corrected chi connectivity index (χ3v) is 6.78. The number of ether oxygens (including phenoxy) is 1. The first kappa shape index (κ1) is 21.8. The molecule has 0 saturated heterocycles. The van der Waals surface area contributed by atoms with Gasteiger partial charge in [0.2, 0.25) is 0 Å². The van der Waals surface area contributed by atoms with Crippen LogP contribution in [0.5, 0.6) is 5.75 Å². The fourth-order valence-electron chi connectivity index (χ4n) is 3.76. The largest absolute Gasteiger partial charge is 0.485 e. The van der Waals surface area contributed by atoms with Gasteiger partial charge in [0.25, 0.3) is 5.91 Å². The van der Waals surface area contributed by atoms with E-state index in [2.05, 4.69) is 10.3 Å². The lowest BCUT2D eigenvalue weighted by Crippen LogP contribution is -2.53. The third-order valence-electron chi connectivity index (χ3n) is 5.77. The van der Waals surface area contributed by atoms with Crippen molar-refractivity contribution in [2.75, 3.05) is 0 Å². The number of hydrogen-bond acceptors (Lipinski definition) is 5. The monoisotopic (exact) mass is 448 g/mol. The Labute approximate surface area is 189 Å². The number of carboxylic acid groups (broad SMARTS) is 1. The third kappa shape index (κ3) is 4.03. The number of benzene rings is 3. The molecule has 3 aromatic carbocycles. The molecule has 32 heavy (non-hydrogen) atoms. The average Bonchev–Trinajstić information content (AvgIpc) is 3.23. The summed E-state index contributed by atoms with van der Waals surface area (Å²) in [6.07, 6.45) is 0.556. The molecule has 1 heterocycles. The van der Waals surface area contributed by atoms with Gasteiger partial charge in [0.15, 0.2) is 0 Å². The number of nitrogens with zero attached hydrogens (tertiary/aromatic N) is 1.